The number of rotatable bonds is 5. The van der Waals surface area contributed by atoms with Crippen LogP contribution in [0.15, 0.2) is 6.20 Å². The van der Waals surface area contributed by atoms with Gasteiger partial charge in [-0.05, 0) is 63.7 Å². The highest BCUT2D eigenvalue weighted by Crippen LogP contribution is 2.19. The fourth-order valence-corrected chi connectivity index (χ4v) is 3.49. The summed E-state index contributed by atoms with van der Waals surface area (Å²) in [4.78, 5) is 14.5. The molecule has 1 aliphatic carbocycles. The lowest BCUT2D eigenvalue weighted by Crippen LogP contribution is -2.39. The van der Waals surface area contributed by atoms with Crippen LogP contribution in [0.3, 0.4) is 0 Å². The Bertz CT molecular complexity index is 465. The number of piperidine rings is 1. The second kappa shape index (κ2) is 7.07. The molecule has 21 heavy (non-hydrogen) atoms. The first kappa shape index (κ1) is 14.6. The van der Waals surface area contributed by atoms with Gasteiger partial charge in [0.15, 0.2) is 0 Å². The van der Waals surface area contributed by atoms with E-state index in [2.05, 4.69) is 20.4 Å². The predicted octanol–water partition coefficient (Wildman–Crippen LogP) is 1.65. The van der Waals surface area contributed by atoms with E-state index in [4.69, 9.17) is 0 Å². The third-order valence-electron chi connectivity index (χ3n) is 4.71. The minimum atomic E-state index is 0.212. The topological polar surface area (TPSA) is 61.0 Å². The number of hydrogen-bond acceptors (Lipinski definition) is 3. The molecule has 1 aliphatic heterocycles. The van der Waals surface area contributed by atoms with Crippen molar-refractivity contribution in [2.24, 2.45) is 0 Å². The minimum Gasteiger partial charge on any atom is -0.353 e. The third kappa shape index (κ3) is 4.06. The molecule has 0 saturated carbocycles. The van der Waals surface area contributed by atoms with Crippen LogP contribution >= 0.6 is 0 Å². The average Bonchev–Trinajstić information content (AvgIpc) is 2.96. The van der Waals surface area contributed by atoms with Crippen LogP contribution in [0.25, 0.3) is 0 Å². The van der Waals surface area contributed by atoms with Crippen molar-refractivity contribution < 1.29 is 4.79 Å². The number of fused-ring (bicyclic) bond motifs is 1. The second-order valence-corrected chi connectivity index (χ2v) is 6.39. The number of aromatic amines is 1. The van der Waals surface area contributed by atoms with E-state index in [0.29, 0.717) is 6.42 Å². The van der Waals surface area contributed by atoms with E-state index in [1.165, 1.54) is 43.6 Å². The number of hydrogen-bond donors (Lipinski definition) is 2. The summed E-state index contributed by atoms with van der Waals surface area (Å²) in [5.41, 5.74) is 2.51. The van der Waals surface area contributed by atoms with Crippen LogP contribution in [0.4, 0.5) is 0 Å². The summed E-state index contributed by atoms with van der Waals surface area (Å²) >= 11 is 0. The zero-order valence-corrected chi connectivity index (χ0v) is 12.7. The molecule has 116 valence electrons. The van der Waals surface area contributed by atoms with Crippen LogP contribution in [0.1, 0.15) is 49.8 Å². The average molecular weight is 290 g/mol. The minimum absolute atomic E-state index is 0.212. The summed E-state index contributed by atoms with van der Waals surface area (Å²) in [5.74, 6) is 0.212. The van der Waals surface area contributed by atoms with E-state index in [1.807, 2.05) is 6.20 Å². The molecule has 1 fully saturated rings. The molecule has 2 N–H and O–H groups in total. The number of nitrogens with one attached hydrogen (secondary N) is 2. The van der Waals surface area contributed by atoms with Gasteiger partial charge in [0.2, 0.25) is 5.91 Å². The van der Waals surface area contributed by atoms with Crippen molar-refractivity contribution in [2.45, 2.75) is 57.4 Å². The number of amides is 1. The zero-order valence-electron chi connectivity index (χ0n) is 12.7. The van der Waals surface area contributed by atoms with Gasteiger partial charge in [0.05, 0.1) is 6.20 Å². The maximum absolute atomic E-state index is 12.1. The van der Waals surface area contributed by atoms with E-state index in [1.54, 1.807) is 0 Å². The number of H-pyrrole nitrogens is 1. The van der Waals surface area contributed by atoms with Crippen molar-refractivity contribution in [1.82, 2.24) is 20.4 Å². The molecule has 5 heteroatoms. The van der Waals surface area contributed by atoms with Crippen molar-refractivity contribution in [3.05, 3.63) is 17.5 Å². The first-order valence-electron chi connectivity index (χ1n) is 8.34. The van der Waals surface area contributed by atoms with Gasteiger partial charge < -0.3 is 10.2 Å². The number of aromatic nitrogens is 2. The SMILES string of the molecule is O=C(CCCN1CCCCC1)NC1CCc2[nH]ncc2C1. The Morgan fingerprint density at radius 2 is 2.24 bits per heavy atom. The summed E-state index contributed by atoms with van der Waals surface area (Å²) in [5, 5.41) is 10.3. The Hall–Kier alpha value is -1.36. The van der Waals surface area contributed by atoms with Crippen LogP contribution in [-0.4, -0.2) is 46.7 Å². The molecule has 2 heterocycles. The van der Waals surface area contributed by atoms with Gasteiger partial charge in [-0.2, -0.15) is 5.10 Å². The first-order valence-corrected chi connectivity index (χ1v) is 8.34. The molecule has 1 unspecified atom stereocenters. The second-order valence-electron chi connectivity index (χ2n) is 6.39. The Labute approximate surface area is 126 Å². The molecular weight excluding hydrogens is 264 g/mol. The van der Waals surface area contributed by atoms with E-state index in [-0.39, 0.29) is 11.9 Å². The molecule has 2 aliphatic rings. The van der Waals surface area contributed by atoms with Crippen molar-refractivity contribution in [3.8, 4) is 0 Å². The predicted molar refractivity (Wildman–Crippen MR) is 82.1 cm³/mol. The van der Waals surface area contributed by atoms with Gasteiger partial charge in [0.1, 0.15) is 0 Å². The van der Waals surface area contributed by atoms with Gasteiger partial charge in [0, 0.05) is 18.2 Å². The number of nitrogens with zero attached hydrogens (tertiary/aromatic N) is 2. The smallest absolute Gasteiger partial charge is 0.220 e. The normalized spacial score (nSPS) is 22.8. The van der Waals surface area contributed by atoms with Crippen molar-refractivity contribution in [3.63, 3.8) is 0 Å². The highest BCUT2D eigenvalue weighted by atomic mass is 16.1. The van der Waals surface area contributed by atoms with Crippen molar-refractivity contribution >= 4 is 5.91 Å². The molecule has 1 amide bonds. The van der Waals surface area contributed by atoms with Crippen LogP contribution in [0.2, 0.25) is 0 Å². The fraction of sp³-hybridized carbons (Fsp3) is 0.750. The molecule has 1 aromatic heterocycles. The fourth-order valence-electron chi connectivity index (χ4n) is 3.49. The lowest BCUT2D eigenvalue weighted by Gasteiger charge is -2.26. The van der Waals surface area contributed by atoms with Crippen LogP contribution in [-0.2, 0) is 17.6 Å². The summed E-state index contributed by atoms with van der Waals surface area (Å²) in [7, 11) is 0. The molecule has 1 saturated heterocycles. The lowest BCUT2D eigenvalue weighted by atomic mass is 9.93. The maximum atomic E-state index is 12.1. The standard InChI is InChI=1S/C16H26N4O/c21-16(5-4-10-20-8-2-1-3-9-20)18-14-6-7-15-13(11-14)12-17-19-15/h12,14H,1-11H2,(H,17,19)(H,18,21). The maximum Gasteiger partial charge on any atom is 0.220 e. The Morgan fingerprint density at radius 1 is 1.38 bits per heavy atom. The molecule has 1 aromatic rings. The van der Waals surface area contributed by atoms with Gasteiger partial charge in [-0.15, -0.1) is 0 Å². The Morgan fingerprint density at radius 3 is 3.10 bits per heavy atom. The van der Waals surface area contributed by atoms with Crippen molar-refractivity contribution in [2.75, 3.05) is 19.6 Å². The van der Waals surface area contributed by atoms with E-state index in [0.717, 1.165) is 32.2 Å². The lowest BCUT2D eigenvalue weighted by molar-refractivity contribution is -0.122. The zero-order chi connectivity index (χ0) is 14.5. The van der Waals surface area contributed by atoms with E-state index in [9.17, 15) is 4.79 Å². The van der Waals surface area contributed by atoms with Gasteiger partial charge in [0.25, 0.3) is 0 Å². The number of carbonyl (C=O) groups is 1. The molecule has 0 bridgehead atoms. The largest absolute Gasteiger partial charge is 0.353 e. The van der Waals surface area contributed by atoms with Crippen LogP contribution in [0, 0.1) is 0 Å². The number of carbonyl (C=O) groups excluding carboxylic acids is 1. The molecule has 0 radical (unpaired) electrons. The molecule has 3 rings (SSSR count). The number of likely N-dealkylation sites (tertiary alicyclic amines) is 1. The highest BCUT2D eigenvalue weighted by molar-refractivity contribution is 5.76. The third-order valence-corrected chi connectivity index (χ3v) is 4.71. The molecule has 5 nitrogen and oxygen atoms in total. The monoisotopic (exact) mass is 290 g/mol. The summed E-state index contributed by atoms with van der Waals surface area (Å²) in [6.45, 7) is 3.50. The molecular formula is C16H26N4O. The van der Waals surface area contributed by atoms with Gasteiger partial charge in [-0.3, -0.25) is 9.89 Å². The quantitative estimate of drug-likeness (QED) is 0.867. The summed E-state index contributed by atoms with van der Waals surface area (Å²) < 4.78 is 0. The van der Waals surface area contributed by atoms with E-state index >= 15 is 0 Å². The van der Waals surface area contributed by atoms with Crippen LogP contribution < -0.4 is 5.32 Å². The van der Waals surface area contributed by atoms with Crippen molar-refractivity contribution in [1.29, 1.82) is 0 Å². The van der Waals surface area contributed by atoms with Gasteiger partial charge in [-0.25, -0.2) is 0 Å². The number of aryl methyl sites for hydroxylation is 1. The summed E-state index contributed by atoms with van der Waals surface area (Å²) in [6, 6.07) is 0.289. The highest BCUT2D eigenvalue weighted by Gasteiger charge is 2.21. The van der Waals surface area contributed by atoms with Crippen LogP contribution in [0.5, 0.6) is 0 Å². The molecule has 0 spiro atoms. The summed E-state index contributed by atoms with van der Waals surface area (Å²) in [6.07, 6.45) is 10.5. The Balaban J connectivity index is 1.35. The van der Waals surface area contributed by atoms with E-state index < -0.39 is 0 Å². The van der Waals surface area contributed by atoms with Gasteiger partial charge in [-0.1, -0.05) is 6.42 Å². The molecule has 1 atom stereocenters. The molecule has 0 aromatic carbocycles. The first-order chi connectivity index (χ1) is 10.3. The van der Waals surface area contributed by atoms with Gasteiger partial charge >= 0.3 is 0 Å². The Kier molecular flexibility index (Phi) is 4.91.